The van der Waals surface area contributed by atoms with E-state index in [0.717, 1.165) is 11.3 Å². The van der Waals surface area contributed by atoms with Gasteiger partial charge in [-0.05, 0) is 30.3 Å². The quantitative estimate of drug-likeness (QED) is 0.722. The van der Waals surface area contributed by atoms with Gasteiger partial charge in [-0.1, -0.05) is 0 Å². The maximum absolute atomic E-state index is 12.3. The van der Waals surface area contributed by atoms with Crippen LogP contribution in [0.1, 0.15) is 11.7 Å². The number of rotatable bonds is 4. The fraction of sp³-hybridized carbons (Fsp3) is 0.125. The number of hydrogen-bond acceptors (Lipinski definition) is 7. The molecule has 9 nitrogen and oxygen atoms in total. The smallest absolute Gasteiger partial charge is 0.280 e. The van der Waals surface area contributed by atoms with Crippen LogP contribution >= 0.6 is 0 Å². The first kappa shape index (κ1) is 16.4. The van der Waals surface area contributed by atoms with Crippen molar-refractivity contribution in [2.24, 2.45) is 17.8 Å². The van der Waals surface area contributed by atoms with E-state index < -0.39 is 16.2 Å². The molecule has 0 saturated carbocycles. The van der Waals surface area contributed by atoms with Crippen molar-refractivity contribution in [2.45, 2.75) is 11.2 Å². The Morgan fingerprint density at radius 3 is 2.69 bits per heavy atom. The fourth-order valence-electron chi connectivity index (χ4n) is 2.64. The Morgan fingerprint density at radius 1 is 1.23 bits per heavy atom. The average Bonchev–Trinajstić information content (AvgIpc) is 3.25. The highest BCUT2D eigenvalue weighted by Gasteiger charge is 2.24. The van der Waals surface area contributed by atoms with Crippen LogP contribution in [0, 0.1) is 0 Å². The van der Waals surface area contributed by atoms with Crippen LogP contribution in [-0.2, 0) is 17.1 Å². The van der Waals surface area contributed by atoms with E-state index in [1.165, 1.54) is 12.5 Å². The van der Waals surface area contributed by atoms with E-state index in [1.54, 1.807) is 59.4 Å². The van der Waals surface area contributed by atoms with Crippen LogP contribution in [0.25, 0.3) is 0 Å². The normalized spacial score (nSPS) is 16.5. The van der Waals surface area contributed by atoms with E-state index in [2.05, 4.69) is 14.7 Å². The number of benzene rings is 1. The number of nitrogens with zero attached hydrogens (tertiary/aromatic N) is 4. The van der Waals surface area contributed by atoms with Gasteiger partial charge in [-0.25, -0.2) is 9.98 Å². The molecule has 0 fully saturated rings. The van der Waals surface area contributed by atoms with Crippen LogP contribution in [0.4, 0.5) is 17.3 Å². The highest BCUT2D eigenvalue weighted by Crippen LogP contribution is 2.34. The Balaban J connectivity index is 1.54. The maximum atomic E-state index is 12.3. The summed E-state index contributed by atoms with van der Waals surface area (Å²) in [5.74, 6) is 0.494. The Bertz CT molecular complexity index is 1070. The monoisotopic (exact) mass is 372 g/mol. The van der Waals surface area contributed by atoms with Gasteiger partial charge < -0.3 is 19.6 Å². The van der Waals surface area contributed by atoms with Gasteiger partial charge in [-0.2, -0.15) is 8.42 Å². The second kappa shape index (κ2) is 6.00. The van der Waals surface area contributed by atoms with Crippen LogP contribution in [-0.4, -0.2) is 24.3 Å². The highest BCUT2D eigenvalue weighted by atomic mass is 32.2. The molecule has 0 spiro atoms. The number of nitrogens with one attached hydrogen (secondary N) is 1. The summed E-state index contributed by atoms with van der Waals surface area (Å²) in [4.78, 5) is 9.85. The van der Waals surface area contributed by atoms with Crippen molar-refractivity contribution in [3.63, 3.8) is 0 Å². The van der Waals surface area contributed by atoms with Crippen LogP contribution in [0.2, 0.25) is 0 Å². The number of aliphatic imine (C=N–C) groups is 1. The Labute approximate surface area is 149 Å². The Kier molecular flexibility index (Phi) is 3.78. The minimum atomic E-state index is -3.73. The Morgan fingerprint density at radius 2 is 2.00 bits per heavy atom. The topological polar surface area (TPSA) is 119 Å². The van der Waals surface area contributed by atoms with Crippen LogP contribution in [0.5, 0.6) is 0 Å². The van der Waals surface area contributed by atoms with Gasteiger partial charge in [0, 0.05) is 24.6 Å². The van der Waals surface area contributed by atoms with Gasteiger partial charge in [0.1, 0.15) is 12.5 Å². The van der Waals surface area contributed by atoms with Crippen molar-refractivity contribution in [3.8, 4) is 0 Å². The molecule has 1 aromatic carbocycles. The number of aromatic nitrogens is 2. The van der Waals surface area contributed by atoms with Crippen LogP contribution in [0.3, 0.4) is 0 Å². The van der Waals surface area contributed by atoms with Crippen molar-refractivity contribution < 1.29 is 12.8 Å². The first-order valence-corrected chi connectivity index (χ1v) is 9.19. The van der Waals surface area contributed by atoms with Gasteiger partial charge in [0.2, 0.25) is 5.88 Å². The SMILES string of the molecule is Cn1cnc(S(=O)(=O)Nc2ccc(N3C=Nc4occc4C3N)cc2)c1. The third kappa shape index (κ3) is 2.85. The van der Waals surface area contributed by atoms with Gasteiger partial charge in [0.15, 0.2) is 5.03 Å². The fourth-order valence-corrected chi connectivity index (χ4v) is 3.68. The molecule has 1 aliphatic heterocycles. The molecule has 3 heterocycles. The molecule has 0 saturated heterocycles. The van der Waals surface area contributed by atoms with E-state index in [1.807, 2.05) is 0 Å². The minimum absolute atomic E-state index is 0.0400. The second-order valence-electron chi connectivity index (χ2n) is 5.81. The zero-order valence-electron chi connectivity index (χ0n) is 13.8. The van der Waals surface area contributed by atoms with E-state index >= 15 is 0 Å². The molecule has 134 valence electrons. The van der Waals surface area contributed by atoms with Crippen LogP contribution < -0.4 is 15.4 Å². The van der Waals surface area contributed by atoms with Crippen molar-refractivity contribution in [1.82, 2.24) is 9.55 Å². The standard InChI is InChI=1S/C16H16N6O3S/c1-21-8-14(18-9-21)26(23,24)20-11-2-4-12(5-3-11)22-10-19-16-13(15(22)17)6-7-25-16/h2-10,15,20H,17H2,1H3. The van der Waals surface area contributed by atoms with E-state index in [9.17, 15) is 8.42 Å². The summed E-state index contributed by atoms with van der Waals surface area (Å²) < 4.78 is 33.9. The zero-order valence-corrected chi connectivity index (χ0v) is 14.6. The van der Waals surface area contributed by atoms with Crippen molar-refractivity contribution in [3.05, 3.63) is 54.7 Å². The summed E-state index contributed by atoms with van der Waals surface area (Å²) in [6.45, 7) is 0. The van der Waals surface area contributed by atoms with Gasteiger partial charge >= 0.3 is 0 Å². The molecular weight excluding hydrogens is 356 g/mol. The summed E-state index contributed by atoms with van der Waals surface area (Å²) in [5.41, 5.74) is 8.22. The molecule has 3 aromatic rings. The van der Waals surface area contributed by atoms with E-state index in [4.69, 9.17) is 10.2 Å². The molecule has 1 unspecified atom stereocenters. The molecule has 1 atom stereocenters. The van der Waals surface area contributed by atoms with E-state index in [0.29, 0.717) is 11.6 Å². The van der Waals surface area contributed by atoms with Gasteiger partial charge in [-0.3, -0.25) is 4.72 Å². The van der Waals surface area contributed by atoms with Crippen LogP contribution in [0.15, 0.2) is 63.6 Å². The average molecular weight is 372 g/mol. The molecule has 4 rings (SSSR count). The lowest BCUT2D eigenvalue weighted by Gasteiger charge is -2.29. The summed E-state index contributed by atoms with van der Waals surface area (Å²) in [6, 6.07) is 8.60. The Hall–Kier alpha value is -3.11. The lowest BCUT2D eigenvalue weighted by Crippen LogP contribution is -2.35. The number of aryl methyl sites for hydroxylation is 1. The first-order valence-electron chi connectivity index (χ1n) is 7.70. The molecule has 0 amide bonds. The lowest BCUT2D eigenvalue weighted by atomic mass is 10.2. The molecule has 0 aliphatic carbocycles. The predicted octanol–water partition coefficient (Wildman–Crippen LogP) is 1.95. The third-order valence-corrected chi connectivity index (χ3v) is 5.23. The second-order valence-corrected chi connectivity index (χ2v) is 7.44. The zero-order chi connectivity index (χ0) is 18.3. The molecule has 1 aliphatic rings. The number of nitrogens with two attached hydrogens (primary N) is 1. The summed E-state index contributed by atoms with van der Waals surface area (Å²) in [6.07, 6.45) is 5.56. The molecule has 3 N–H and O–H groups in total. The minimum Gasteiger partial charge on any atom is -0.446 e. The largest absolute Gasteiger partial charge is 0.446 e. The summed E-state index contributed by atoms with van der Waals surface area (Å²) in [7, 11) is -2.03. The molecular formula is C16H16N6O3S. The van der Waals surface area contributed by atoms with E-state index in [-0.39, 0.29) is 5.03 Å². The predicted molar refractivity (Wildman–Crippen MR) is 96.7 cm³/mol. The molecule has 10 heteroatoms. The molecule has 0 bridgehead atoms. The summed E-state index contributed by atoms with van der Waals surface area (Å²) >= 11 is 0. The number of hydrogen-bond donors (Lipinski definition) is 2. The van der Waals surface area contributed by atoms with Crippen molar-refractivity contribution in [1.29, 1.82) is 0 Å². The van der Waals surface area contributed by atoms with Gasteiger partial charge in [0.05, 0.1) is 18.2 Å². The van der Waals surface area contributed by atoms with Crippen molar-refractivity contribution in [2.75, 3.05) is 9.62 Å². The lowest BCUT2D eigenvalue weighted by molar-refractivity contribution is 0.567. The number of anilines is 2. The molecule has 26 heavy (non-hydrogen) atoms. The third-order valence-electron chi connectivity index (χ3n) is 3.97. The maximum Gasteiger partial charge on any atom is 0.280 e. The number of furan rings is 1. The number of imidazole rings is 1. The highest BCUT2D eigenvalue weighted by molar-refractivity contribution is 7.92. The molecule has 2 aromatic heterocycles. The number of sulfonamides is 1. The van der Waals surface area contributed by atoms with Gasteiger partial charge in [0.25, 0.3) is 10.0 Å². The van der Waals surface area contributed by atoms with Crippen molar-refractivity contribution >= 4 is 33.6 Å². The summed E-state index contributed by atoms with van der Waals surface area (Å²) in [5, 5.41) is -0.0400. The number of fused-ring (bicyclic) bond motifs is 1. The molecule has 0 radical (unpaired) electrons. The first-order chi connectivity index (χ1) is 12.4. The van der Waals surface area contributed by atoms with Gasteiger partial charge in [-0.15, -0.1) is 0 Å².